The molecule has 0 bridgehead atoms. The lowest BCUT2D eigenvalue weighted by atomic mass is 9.87. The molecule has 2 aromatic rings. The summed E-state index contributed by atoms with van der Waals surface area (Å²) in [6.45, 7) is 2.31. The molecule has 0 atom stereocenters. The van der Waals surface area contributed by atoms with Crippen LogP contribution in [-0.4, -0.2) is 48.0 Å². The fourth-order valence-electron chi connectivity index (χ4n) is 4.22. The van der Waals surface area contributed by atoms with Crippen molar-refractivity contribution in [3.05, 3.63) is 35.0 Å². The van der Waals surface area contributed by atoms with Crippen LogP contribution in [0.2, 0.25) is 5.02 Å². The van der Waals surface area contributed by atoms with Gasteiger partial charge in [-0.15, -0.1) is 0 Å². The molecule has 146 valence electrons. The van der Waals surface area contributed by atoms with E-state index >= 15 is 0 Å². The Morgan fingerprint density at radius 1 is 1.30 bits per heavy atom. The first-order valence-electron chi connectivity index (χ1n) is 9.48. The number of halogens is 3. The lowest BCUT2D eigenvalue weighted by Crippen LogP contribution is -2.44. The van der Waals surface area contributed by atoms with Gasteiger partial charge in [0, 0.05) is 44.1 Å². The number of fused-ring (bicyclic) bond motifs is 1. The Hall–Kier alpha value is -1.66. The fourth-order valence-corrected chi connectivity index (χ4v) is 4.49. The molecule has 0 radical (unpaired) electrons. The number of likely N-dealkylation sites (tertiary alicyclic amines) is 1. The molecule has 1 saturated carbocycles. The van der Waals surface area contributed by atoms with Gasteiger partial charge in [-0.1, -0.05) is 17.7 Å². The first-order chi connectivity index (χ1) is 12.8. The van der Waals surface area contributed by atoms with E-state index in [1.807, 2.05) is 18.3 Å². The van der Waals surface area contributed by atoms with E-state index in [4.69, 9.17) is 11.6 Å². The lowest BCUT2D eigenvalue weighted by molar-refractivity contribution is -0.0452. The van der Waals surface area contributed by atoms with Crippen molar-refractivity contribution in [2.24, 2.45) is 5.92 Å². The number of rotatable bonds is 4. The maximum atomic E-state index is 13.3. The smallest absolute Gasteiger partial charge is 0.253 e. The van der Waals surface area contributed by atoms with Crippen molar-refractivity contribution in [3.63, 3.8) is 0 Å². The van der Waals surface area contributed by atoms with E-state index in [-0.39, 0.29) is 24.7 Å². The zero-order chi connectivity index (χ0) is 19.2. The Morgan fingerprint density at radius 3 is 2.67 bits per heavy atom. The maximum Gasteiger partial charge on any atom is 0.253 e. The molecule has 4 rings (SSSR count). The minimum atomic E-state index is -2.54. The van der Waals surface area contributed by atoms with Crippen LogP contribution in [0.1, 0.15) is 42.1 Å². The van der Waals surface area contributed by atoms with Crippen LogP contribution in [0.4, 0.5) is 8.78 Å². The summed E-state index contributed by atoms with van der Waals surface area (Å²) in [4.78, 5) is 15.1. The zero-order valence-electron chi connectivity index (χ0n) is 15.4. The number of benzene rings is 1. The number of likely N-dealkylation sites (N-methyl/N-ethyl adjacent to an activating group) is 1. The number of nitrogens with zero attached hydrogens (tertiary/aromatic N) is 2. The number of hydrogen-bond acceptors (Lipinski definition) is 2. The monoisotopic (exact) mass is 395 g/mol. The number of aromatic nitrogens is 1. The van der Waals surface area contributed by atoms with Gasteiger partial charge in [0.1, 0.15) is 0 Å². The fraction of sp³-hybridized carbons (Fsp3) is 0.550. The van der Waals surface area contributed by atoms with Crippen LogP contribution in [-0.2, 0) is 0 Å². The van der Waals surface area contributed by atoms with Gasteiger partial charge in [0.25, 0.3) is 5.91 Å². The van der Waals surface area contributed by atoms with E-state index in [1.165, 1.54) is 0 Å². The zero-order valence-corrected chi connectivity index (χ0v) is 16.1. The Labute approximate surface area is 162 Å². The highest BCUT2D eigenvalue weighted by Crippen LogP contribution is 2.36. The minimum absolute atomic E-state index is 0.0894. The number of amides is 1. The lowest BCUT2D eigenvalue weighted by Gasteiger charge is -2.37. The predicted octanol–water partition coefficient (Wildman–Crippen LogP) is 4.34. The highest BCUT2D eigenvalue weighted by Gasteiger charge is 2.35. The molecule has 0 unspecified atom stereocenters. The third-order valence-corrected chi connectivity index (χ3v) is 6.19. The molecule has 2 heterocycles. The molecule has 0 spiro atoms. The molecule has 1 N–H and O–H groups in total. The van der Waals surface area contributed by atoms with Gasteiger partial charge in [0.15, 0.2) is 0 Å². The van der Waals surface area contributed by atoms with Gasteiger partial charge < -0.3 is 14.8 Å². The van der Waals surface area contributed by atoms with Crippen LogP contribution < -0.4 is 5.32 Å². The average Bonchev–Trinajstić information content (AvgIpc) is 2.98. The van der Waals surface area contributed by atoms with E-state index in [9.17, 15) is 13.6 Å². The van der Waals surface area contributed by atoms with Crippen LogP contribution in [0.25, 0.3) is 10.9 Å². The molecule has 7 heteroatoms. The normalized spacial score (nSPS) is 21.3. The Balaban J connectivity index is 1.52. The van der Waals surface area contributed by atoms with Gasteiger partial charge in [-0.05, 0) is 37.9 Å². The van der Waals surface area contributed by atoms with Crippen LogP contribution in [0, 0.1) is 5.92 Å². The van der Waals surface area contributed by atoms with Gasteiger partial charge in [-0.25, -0.2) is 8.78 Å². The third-order valence-electron chi connectivity index (χ3n) is 5.88. The van der Waals surface area contributed by atoms with Crippen LogP contribution >= 0.6 is 11.6 Å². The Morgan fingerprint density at radius 2 is 2.00 bits per heavy atom. The molecular formula is C20H24ClF2N3O. The van der Waals surface area contributed by atoms with Crippen molar-refractivity contribution in [3.8, 4) is 0 Å². The first kappa shape index (κ1) is 18.7. The topological polar surface area (TPSA) is 37.3 Å². The van der Waals surface area contributed by atoms with E-state index in [0.717, 1.165) is 24.0 Å². The SMILES string of the molecule is CN1CC(n2cc(C(=O)NCC3CCC(F)(F)CC3)c3c(Cl)cccc32)C1. The highest BCUT2D eigenvalue weighted by molar-refractivity contribution is 6.36. The summed E-state index contributed by atoms with van der Waals surface area (Å²) in [5.74, 6) is -2.62. The largest absolute Gasteiger partial charge is 0.352 e. The quantitative estimate of drug-likeness (QED) is 0.836. The second-order valence-electron chi connectivity index (χ2n) is 7.97. The van der Waals surface area contributed by atoms with E-state index < -0.39 is 5.92 Å². The standard InChI is InChI=1S/C20H24ClF2N3O/c1-25-10-14(11-25)26-12-15(18-16(21)3-2-4-17(18)26)19(27)24-9-13-5-7-20(22,23)8-6-13/h2-4,12-14H,5-11H2,1H3,(H,24,27). The van der Waals surface area contributed by atoms with Crippen molar-refractivity contribution in [2.75, 3.05) is 26.7 Å². The molecular weight excluding hydrogens is 372 g/mol. The van der Waals surface area contributed by atoms with Gasteiger partial charge in [0.2, 0.25) is 5.92 Å². The summed E-state index contributed by atoms with van der Waals surface area (Å²) < 4.78 is 28.7. The van der Waals surface area contributed by atoms with Crippen molar-refractivity contribution in [2.45, 2.75) is 37.6 Å². The molecule has 1 aliphatic heterocycles. The number of carbonyl (C=O) groups is 1. The summed E-state index contributed by atoms with van der Waals surface area (Å²) in [7, 11) is 2.07. The van der Waals surface area contributed by atoms with Crippen LogP contribution in [0.15, 0.2) is 24.4 Å². The molecule has 1 aromatic heterocycles. The van der Waals surface area contributed by atoms with Gasteiger partial charge >= 0.3 is 0 Å². The van der Waals surface area contributed by atoms with Crippen LogP contribution in [0.5, 0.6) is 0 Å². The third kappa shape index (κ3) is 3.69. The van der Waals surface area contributed by atoms with Crippen molar-refractivity contribution < 1.29 is 13.6 Å². The minimum Gasteiger partial charge on any atom is -0.352 e. The summed E-state index contributed by atoms with van der Waals surface area (Å²) >= 11 is 6.41. The molecule has 1 aromatic carbocycles. The molecule has 2 fully saturated rings. The Kier molecular flexibility index (Phi) is 4.89. The van der Waals surface area contributed by atoms with E-state index in [1.54, 1.807) is 6.07 Å². The number of alkyl halides is 2. The van der Waals surface area contributed by atoms with Crippen molar-refractivity contribution >= 4 is 28.4 Å². The second kappa shape index (κ2) is 7.06. The first-order valence-corrected chi connectivity index (χ1v) is 9.85. The maximum absolute atomic E-state index is 13.3. The number of carbonyl (C=O) groups excluding carboxylic acids is 1. The number of nitrogens with one attached hydrogen (secondary N) is 1. The van der Waals surface area contributed by atoms with Gasteiger partial charge in [-0.2, -0.15) is 0 Å². The van der Waals surface area contributed by atoms with Crippen molar-refractivity contribution in [1.29, 1.82) is 0 Å². The second-order valence-corrected chi connectivity index (χ2v) is 8.38. The molecule has 27 heavy (non-hydrogen) atoms. The van der Waals surface area contributed by atoms with Gasteiger partial charge in [0.05, 0.1) is 22.1 Å². The Bertz CT molecular complexity index is 850. The number of hydrogen-bond donors (Lipinski definition) is 1. The van der Waals surface area contributed by atoms with Crippen LogP contribution in [0.3, 0.4) is 0 Å². The van der Waals surface area contributed by atoms with Gasteiger partial charge in [-0.3, -0.25) is 4.79 Å². The molecule has 4 nitrogen and oxygen atoms in total. The summed E-state index contributed by atoms with van der Waals surface area (Å²) in [6, 6.07) is 6.01. The summed E-state index contributed by atoms with van der Waals surface area (Å²) in [5.41, 5.74) is 1.52. The molecule has 1 saturated heterocycles. The van der Waals surface area contributed by atoms with Crippen molar-refractivity contribution in [1.82, 2.24) is 14.8 Å². The summed E-state index contributed by atoms with van der Waals surface area (Å²) in [6.07, 6.45) is 2.61. The average molecular weight is 396 g/mol. The molecule has 1 aliphatic carbocycles. The predicted molar refractivity (Wildman–Crippen MR) is 103 cm³/mol. The molecule has 2 aliphatic rings. The summed E-state index contributed by atoms with van der Waals surface area (Å²) in [5, 5.41) is 4.27. The van der Waals surface area contributed by atoms with E-state index in [0.29, 0.717) is 36.0 Å². The molecule has 1 amide bonds. The highest BCUT2D eigenvalue weighted by atomic mass is 35.5. The van der Waals surface area contributed by atoms with E-state index in [2.05, 4.69) is 21.8 Å².